The monoisotopic (exact) mass is 422 g/mol. The van der Waals surface area contributed by atoms with Crippen molar-refractivity contribution in [2.75, 3.05) is 33.3 Å². The molecule has 1 aliphatic heterocycles. The fraction of sp³-hybridized carbons (Fsp3) is 0.350. The Kier molecular flexibility index (Phi) is 6.59. The molecule has 0 aromatic heterocycles. The van der Waals surface area contributed by atoms with E-state index in [1.807, 2.05) is 30.3 Å². The molecule has 150 valence electrons. The van der Waals surface area contributed by atoms with Gasteiger partial charge in [0.05, 0.1) is 11.6 Å². The summed E-state index contributed by atoms with van der Waals surface area (Å²) in [7, 11) is -2.05. The molecule has 1 heterocycles. The summed E-state index contributed by atoms with van der Waals surface area (Å²) in [6, 6.07) is 13.7. The first-order valence-electron chi connectivity index (χ1n) is 9.12. The molecule has 0 N–H and O–H groups in total. The van der Waals surface area contributed by atoms with Gasteiger partial charge in [0.2, 0.25) is 10.0 Å². The maximum atomic E-state index is 12.8. The van der Waals surface area contributed by atoms with E-state index in [1.165, 1.54) is 21.3 Å². The van der Waals surface area contributed by atoms with Gasteiger partial charge in [-0.3, -0.25) is 4.79 Å². The SMILES string of the molecule is CN(CCOc1ccccc1)C(=O)c1ccc(Cl)c(S(=O)(=O)N2CCCC2)c1. The smallest absolute Gasteiger partial charge is 0.253 e. The zero-order valence-electron chi connectivity index (χ0n) is 15.7. The van der Waals surface area contributed by atoms with Crippen LogP contribution in [-0.2, 0) is 10.0 Å². The lowest BCUT2D eigenvalue weighted by molar-refractivity contribution is 0.0773. The molecule has 6 nitrogen and oxygen atoms in total. The standard InChI is InChI=1S/C20H23ClN2O4S/c1-22(13-14-27-17-7-3-2-4-8-17)20(24)16-9-10-18(21)19(15-16)28(25,26)23-11-5-6-12-23/h2-4,7-10,15H,5-6,11-14H2,1H3. The molecule has 2 aromatic rings. The van der Waals surface area contributed by atoms with Gasteiger partial charge in [-0.05, 0) is 43.2 Å². The summed E-state index contributed by atoms with van der Waals surface area (Å²) in [4.78, 5) is 14.2. The largest absolute Gasteiger partial charge is 0.492 e. The minimum absolute atomic E-state index is 0.0177. The van der Waals surface area contributed by atoms with Crippen molar-refractivity contribution in [3.63, 3.8) is 0 Å². The number of hydrogen-bond donors (Lipinski definition) is 0. The summed E-state index contributed by atoms with van der Waals surface area (Å²) in [5.74, 6) is 0.444. The van der Waals surface area contributed by atoms with Crippen LogP contribution in [0.15, 0.2) is 53.4 Å². The van der Waals surface area contributed by atoms with Gasteiger partial charge in [0.25, 0.3) is 5.91 Å². The molecule has 0 spiro atoms. The molecule has 0 bridgehead atoms. The Morgan fingerprint density at radius 2 is 1.82 bits per heavy atom. The van der Waals surface area contributed by atoms with Crippen molar-refractivity contribution in [3.05, 3.63) is 59.1 Å². The van der Waals surface area contributed by atoms with Crippen LogP contribution in [-0.4, -0.2) is 56.8 Å². The van der Waals surface area contributed by atoms with Crippen LogP contribution in [0.5, 0.6) is 5.75 Å². The van der Waals surface area contributed by atoms with E-state index in [2.05, 4.69) is 0 Å². The first-order chi connectivity index (χ1) is 13.4. The highest BCUT2D eigenvalue weighted by atomic mass is 35.5. The van der Waals surface area contributed by atoms with Crippen LogP contribution in [0.1, 0.15) is 23.2 Å². The van der Waals surface area contributed by atoms with Gasteiger partial charge in [0.1, 0.15) is 17.3 Å². The second-order valence-corrected chi connectivity index (χ2v) is 8.96. The summed E-state index contributed by atoms with van der Waals surface area (Å²) in [5.41, 5.74) is 0.282. The first kappa shape index (κ1) is 20.6. The molecule has 0 atom stereocenters. The quantitative estimate of drug-likeness (QED) is 0.686. The van der Waals surface area contributed by atoms with Gasteiger partial charge in [-0.2, -0.15) is 4.31 Å². The Labute approximate surface area is 170 Å². The van der Waals surface area contributed by atoms with Crippen LogP contribution in [0.4, 0.5) is 0 Å². The average Bonchev–Trinajstić information content (AvgIpc) is 3.24. The van der Waals surface area contributed by atoms with E-state index in [0.29, 0.717) is 26.2 Å². The number of ether oxygens (including phenoxy) is 1. The van der Waals surface area contributed by atoms with Gasteiger partial charge < -0.3 is 9.64 Å². The van der Waals surface area contributed by atoms with E-state index in [4.69, 9.17) is 16.3 Å². The summed E-state index contributed by atoms with van der Waals surface area (Å²) in [6.07, 6.45) is 1.67. The van der Waals surface area contributed by atoms with Crippen LogP contribution in [0.2, 0.25) is 5.02 Å². The molecular weight excluding hydrogens is 400 g/mol. The van der Waals surface area contributed by atoms with Crippen molar-refractivity contribution in [1.82, 2.24) is 9.21 Å². The molecular formula is C20H23ClN2O4S. The maximum absolute atomic E-state index is 12.8. The van der Waals surface area contributed by atoms with Gasteiger partial charge >= 0.3 is 0 Å². The lowest BCUT2D eigenvalue weighted by Crippen LogP contribution is -2.31. The Balaban J connectivity index is 1.69. The van der Waals surface area contributed by atoms with Crippen molar-refractivity contribution in [3.8, 4) is 5.75 Å². The highest BCUT2D eigenvalue weighted by Crippen LogP contribution is 2.28. The molecule has 0 unspecified atom stereocenters. The molecule has 0 radical (unpaired) electrons. The molecule has 1 aliphatic rings. The van der Waals surface area contributed by atoms with E-state index < -0.39 is 10.0 Å². The van der Waals surface area contributed by atoms with Crippen molar-refractivity contribution < 1.29 is 17.9 Å². The van der Waals surface area contributed by atoms with E-state index in [0.717, 1.165) is 18.6 Å². The summed E-state index contributed by atoms with van der Waals surface area (Å²) < 4.78 is 32.7. The van der Waals surface area contributed by atoms with Crippen molar-refractivity contribution in [2.24, 2.45) is 0 Å². The topological polar surface area (TPSA) is 66.9 Å². The second kappa shape index (κ2) is 8.94. The van der Waals surface area contributed by atoms with Crippen LogP contribution in [0, 0.1) is 0 Å². The number of hydrogen-bond acceptors (Lipinski definition) is 4. The molecule has 0 saturated carbocycles. The Morgan fingerprint density at radius 1 is 1.14 bits per heavy atom. The number of rotatable bonds is 7. The molecule has 28 heavy (non-hydrogen) atoms. The maximum Gasteiger partial charge on any atom is 0.253 e. The number of carbonyl (C=O) groups excluding carboxylic acids is 1. The Hall–Kier alpha value is -2.09. The fourth-order valence-electron chi connectivity index (χ4n) is 3.04. The van der Waals surface area contributed by atoms with Crippen molar-refractivity contribution >= 4 is 27.5 Å². The summed E-state index contributed by atoms with van der Waals surface area (Å²) in [6.45, 7) is 1.66. The minimum atomic E-state index is -3.70. The number of sulfonamides is 1. The summed E-state index contributed by atoms with van der Waals surface area (Å²) in [5, 5.41) is 0.124. The lowest BCUT2D eigenvalue weighted by Gasteiger charge is -2.20. The molecule has 2 aromatic carbocycles. The van der Waals surface area contributed by atoms with Crippen molar-refractivity contribution in [1.29, 1.82) is 0 Å². The number of nitrogens with zero attached hydrogens (tertiary/aromatic N) is 2. The van der Waals surface area contributed by atoms with Gasteiger partial charge in [-0.1, -0.05) is 29.8 Å². The number of likely N-dealkylation sites (N-methyl/N-ethyl adjacent to an activating group) is 1. The number of amides is 1. The third-order valence-electron chi connectivity index (χ3n) is 4.65. The number of para-hydroxylation sites is 1. The van der Waals surface area contributed by atoms with Gasteiger partial charge in [-0.15, -0.1) is 0 Å². The Bertz CT molecular complexity index is 928. The fourth-order valence-corrected chi connectivity index (χ4v) is 5.06. The lowest BCUT2D eigenvalue weighted by atomic mass is 10.2. The Morgan fingerprint density at radius 3 is 2.50 bits per heavy atom. The molecule has 0 aliphatic carbocycles. The predicted molar refractivity (Wildman–Crippen MR) is 108 cm³/mol. The van der Waals surface area contributed by atoms with E-state index in [1.54, 1.807) is 13.1 Å². The van der Waals surface area contributed by atoms with Gasteiger partial charge in [0, 0.05) is 25.7 Å². The van der Waals surface area contributed by atoms with E-state index >= 15 is 0 Å². The van der Waals surface area contributed by atoms with Gasteiger partial charge in [-0.25, -0.2) is 8.42 Å². The first-order valence-corrected chi connectivity index (χ1v) is 10.9. The van der Waals surface area contributed by atoms with Gasteiger partial charge in [0.15, 0.2) is 0 Å². The number of carbonyl (C=O) groups is 1. The zero-order valence-corrected chi connectivity index (χ0v) is 17.2. The third-order valence-corrected chi connectivity index (χ3v) is 7.03. The van der Waals surface area contributed by atoms with E-state index in [9.17, 15) is 13.2 Å². The molecule has 3 rings (SSSR count). The van der Waals surface area contributed by atoms with Crippen LogP contribution >= 0.6 is 11.6 Å². The van der Waals surface area contributed by atoms with Crippen LogP contribution < -0.4 is 4.74 Å². The number of benzene rings is 2. The molecule has 8 heteroatoms. The van der Waals surface area contributed by atoms with Crippen LogP contribution in [0.3, 0.4) is 0 Å². The minimum Gasteiger partial charge on any atom is -0.492 e. The third kappa shape index (κ3) is 4.66. The molecule has 1 saturated heterocycles. The summed E-state index contributed by atoms with van der Waals surface area (Å²) >= 11 is 6.14. The average molecular weight is 423 g/mol. The highest BCUT2D eigenvalue weighted by Gasteiger charge is 2.30. The van der Waals surface area contributed by atoms with E-state index in [-0.39, 0.29) is 21.4 Å². The second-order valence-electron chi connectivity index (χ2n) is 6.64. The molecule has 1 fully saturated rings. The van der Waals surface area contributed by atoms with Crippen molar-refractivity contribution in [2.45, 2.75) is 17.7 Å². The van der Waals surface area contributed by atoms with Crippen LogP contribution in [0.25, 0.3) is 0 Å². The number of halogens is 1. The highest BCUT2D eigenvalue weighted by molar-refractivity contribution is 7.89. The molecule has 1 amide bonds. The predicted octanol–water partition coefficient (Wildman–Crippen LogP) is 3.28. The zero-order chi connectivity index (χ0) is 20.1. The normalized spacial score (nSPS) is 14.8.